The molecule has 32 heavy (non-hydrogen) atoms. The van der Waals surface area contributed by atoms with E-state index in [9.17, 15) is 9.65 Å². The summed E-state index contributed by atoms with van der Waals surface area (Å²) in [7, 11) is 1.60. The molecule has 4 aromatic rings. The van der Waals surface area contributed by atoms with Crippen LogP contribution in [0.4, 0.5) is 10.2 Å². The molecular weight excluding hydrogens is 407 g/mol. The van der Waals surface area contributed by atoms with Gasteiger partial charge in [0.2, 0.25) is 0 Å². The van der Waals surface area contributed by atoms with Gasteiger partial charge < -0.3 is 14.6 Å². The van der Waals surface area contributed by atoms with Gasteiger partial charge in [-0.3, -0.25) is 0 Å². The minimum absolute atomic E-state index is 0.180. The molecule has 0 radical (unpaired) electrons. The van der Waals surface area contributed by atoms with Crippen molar-refractivity contribution in [2.45, 2.75) is 19.9 Å². The smallest absolute Gasteiger partial charge is 0.167 e. The summed E-state index contributed by atoms with van der Waals surface area (Å²) in [6, 6.07) is 15.5. The van der Waals surface area contributed by atoms with Crippen LogP contribution in [0.3, 0.4) is 0 Å². The van der Waals surface area contributed by atoms with Crippen LogP contribution in [0, 0.1) is 24.1 Å². The number of hydrogen-bond donors (Lipinski definition) is 1. The van der Waals surface area contributed by atoms with Crippen LogP contribution in [0.15, 0.2) is 61.1 Å². The van der Waals surface area contributed by atoms with Crippen LogP contribution in [-0.4, -0.2) is 26.9 Å². The van der Waals surface area contributed by atoms with Crippen molar-refractivity contribution in [2.75, 3.05) is 12.4 Å². The first kappa shape index (κ1) is 21.0. The summed E-state index contributed by atoms with van der Waals surface area (Å²) in [5.74, 6) is 0.713. The number of aryl methyl sites for hydroxylation is 1. The fourth-order valence-electron chi connectivity index (χ4n) is 3.37. The van der Waals surface area contributed by atoms with Crippen molar-refractivity contribution in [1.29, 1.82) is 5.26 Å². The van der Waals surface area contributed by atoms with Crippen LogP contribution in [0.25, 0.3) is 16.9 Å². The Labute approximate surface area is 185 Å². The molecule has 0 saturated carbocycles. The number of halogens is 1. The van der Waals surface area contributed by atoms with Crippen LogP contribution in [-0.2, 0) is 0 Å². The summed E-state index contributed by atoms with van der Waals surface area (Å²) in [6.07, 6.45) is 3.64. The molecule has 160 valence electrons. The molecule has 2 aromatic heterocycles. The highest BCUT2D eigenvalue weighted by Crippen LogP contribution is 2.30. The number of benzene rings is 2. The number of methoxy groups -OCH3 is 1. The van der Waals surface area contributed by atoms with Gasteiger partial charge in [0.1, 0.15) is 17.6 Å². The second-order valence-corrected chi connectivity index (χ2v) is 7.33. The summed E-state index contributed by atoms with van der Waals surface area (Å²) < 4.78 is 20.6. The molecule has 8 heteroatoms. The molecule has 1 N–H and O–H groups in total. The lowest BCUT2D eigenvalue weighted by atomic mass is 10.1. The molecule has 0 saturated heterocycles. The average Bonchev–Trinajstić information content (AvgIpc) is 3.25. The number of ether oxygens (including phenoxy) is 1. The molecule has 2 heterocycles. The third-order valence-electron chi connectivity index (χ3n) is 5.10. The number of anilines is 1. The van der Waals surface area contributed by atoms with Crippen LogP contribution < -0.4 is 10.1 Å². The molecule has 0 aliphatic heterocycles. The van der Waals surface area contributed by atoms with Gasteiger partial charge in [-0.15, -0.1) is 10.2 Å². The van der Waals surface area contributed by atoms with Crippen LogP contribution >= 0.6 is 0 Å². The Balaban J connectivity index is 1.62. The Morgan fingerprint density at radius 1 is 1.12 bits per heavy atom. The van der Waals surface area contributed by atoms with E-state index in [2.05, 4.69) is 26.6 Å². The molecule has 4 rings (SSSR count). The van der Waals surface area contributed by atoms with E-state index in [1.54, 1.807) is 31.6 Å². The first-order chi connectivity index (χ1) is 15.5. The molecule has 2 aromatic carbocycles. The van der Waals surface area contributed by atoms with E-state index in [1.165, 1.54) is 12.1 Å². The van der Waals surface area contributed by atoms with Gasteiger partial charge in [-0.2, -0.15) is 5.26 Å². The number of nitrogens with zero attached hydrogens (tertiary/aromatic N) is 5. The summed E-state index contributed by atoms with van der Waals surface area (Å²) in [5.41, 5.74) is 4.29. The van der Waals surface area contributed by atoms with Crippen molar-refractivity contribution in [3.8, 4) is 28.8 Å². The second-order valence-electron chi connectivity index (χ2n) is 7.33. The molecule has 0 spiro atoms. The SMILES string of the molecule is COc1cc(-c2cc(C#N)c(N[C@@H](C)c3ccc(F)cc3)nn2)ccc1-n1cnc(C)c1. The average molecular weight is 428 g/mol. The van der Waals surface area contributed by atoms with Gasteiger partial charge in [0.05, 0.1) is 42.1 Å². The topological polar surface area (TPSA) is 88.6 Å². The fraction of sp³-hybridized carbons (Fsp3) is 0.167. The first-order valence-electron chi connectivity index (χ1n) is 9.97. The zero-order valence-corrected chi connectivity index (χ0v) is 17.9. The van der Waals surface area contributed by atoms with E-state index >= 15 is 0 Å². The number of nitrogens with one attached hydrogen (secondary N) is 1. The van der Waals surface area contributed by atoms with Crippen molar-refractivity contribution < 1.29 is 9.13 Å². The number of rotatable bonds is 6. The summed E-state index contributed by atoms with van der Waals surface area (Å²) >= 11 is 0. The lowest BCUT2D eigenvalue weighted by Gasteiger charge is -2.16. The number of imidazole rings is 1. The van der Waals surface area contributed by atoms with E-state index in [4.69, 9.17) is 4.74 Å². The lowest BCUT2D eigenvalue weighted by molar-refractivity contribution is 0.413. The highest BCUT2D eigenvalue weighted by molar-refractivity contribution is 5.68. The van der Waals surface area contributed by atoms with Crippen molar-refractivity contribution in [2.24, 2.45) is 0 Å². The predicted octanol–water partition coefficient (Wildman–Crippen LogP) is 4.83. The van der Waals surface area contributed by atoms with Crippen molar-refractivity contribution in [1.82, 2.24) is 19.7 Å². The number of nitriles is 1. The minimum atomic E-state index is -0.299. The van der Waals surface area contributed by atoms with Crippen molar-refractivity contribution in [3.63, 3.8) is 0 Å². The molecule has 7 nitrogen and oxygen atoms in total. The van der Waals surface area contributed by atoms with Gasteiger partial charge in [-0.25, -0.2) is 9.37 Å². The van der Waals surface area contributed by atoms with Crippen molar-refractivity contribution >= 4 is 5.82 Å². The molecule has 0 fully saturated rings. The predicted molar refractivity (Wildman–Crippen MR) is 119 cm³/mol. The van der Waals surface area contributed by atoms with Gasteiger partial charge in [0.15, 0.2) is 5.82 Å². The Hall–Kier alpha value is -4.25. The largest absolute Gasteiger partial charge is 0.495 e. The molecule has 1 atom stereocenters. The molecule has 0 aliphatic rings. The van der Waals surface area contributed by atoms with Gasteiger partial charge >= 0.3 is 0 Å². The van der Waals surface area contributed by atoms with E-state index in [1.807, 2.05) is 42.8 Å². The Bertz CT molecular complexity index is 1290. The second kappa shape index (κ2) is 8.86. The van der Waals surface area contributed by atoms with Crippen LogP contribution in [0.5, 0.6) is 5.75 Å². The quantitative estimate of drug-likeness (QED) is 0.473. The molecule has 0 unspecified atom stereocenters. The van der Waals surface area contributed by atoms with Crippen molar-refractivity contribution in [3.05, 3.63) is 83.7 Å². The van der Waals surface area contributed by atoms with Gasteiger partial charge in [-0.05, 0) is 49.7 Å². The third kappa shape index (κ3) is 4.27. The Morgan fingerprint density at radius 3 is 2.56 bits per heavy atom. The zero-order valence-electron chi connectivity index (χ0n) is 17.9. The summed E-state index contributed by atoms with van der Waals surface area (Å²) in [5, 5.41) is 21.4. The molecule has 0 bridgehead atoms. The van der Waals surface area contributed by atoms with Gasteiger partial charge in [0, 0.05) is 11.8 Å². The fourth-order valence-corrected chi connectivity index (χ4v) is 3.37. The summed E-state index contributed by atoms with van der Waals surface area (Å²) in [4.78, 5) is 4.25. The Kier molecular flexibility index (Phi) is 5.81. The Morgan fingerprint density at radius 2 is 1.91 bits per heavy atom. The highest BCUT2D eigenvalue weighted by Gasteiger charge is 2.14. The maximum absolute atomic E-state index is 13.2. The number of hydrogen-bond acceptors (Lipinski definition) is 6. The van der Waals surface area contributed by atoms with E-state index < -0.39 is 0 Å². The monoisotopic (exact) mass is 428 g/mol. The van der Waals surface area contributed by atoms with Crippen LogP contribution in [0.1, 0.15) is 29.8 Å². The summed E-state index contributed by atoms with van der Waals surface area (Å²) in [6.45, 7) is 3.83. The molecule has 0 aliphatic carbocycles. The lowest BCUT2D eigenvalue weighted by Crippen LogP contribution is -2.10. The molecular formula is C24H21FN6O. The molecule has 0 amide bonds. The highest BCUT2D eigenvalue weighted by atomic mass is 19.1. The van der Waals surface area contributed by atoms with Gasteiger partial charge in [-0.1, -0.05) is 18.2 Å². The maximum atomic E-state index is 13.2. The standard InChI is InChI=1S/C24H21FN6O/c1-15-13-31(14-27-15)22-9-6-18(11-23(22)32-3)21-10-19(12-26)24(30-29-21)28-16(2)17-4-7-20(25)8-5-17/h4-11,13-14,16H,1-3H3,(H,28,30)/t16-/m0/s1. The van der Waals surface area contributed by atoms with E-state index in [-0.39, 0.29) is 11.9 Å². The first-order valence-corrected chi connectivity index (χ1v) is 9.97. The van der Waals surface area contributed by atoms with Crippen LogP contribution in [0.2, 0.25) is 0 Å². The maximum Gasteiger partial charge on any atom is 0.167 e. The minimum Gasteiger partial charge on any atom is -0.495 e. The normalized spacial score (nSPS) is 11.6. The van der Waals surface area contributed by atoms with Gasteiger partial charge in [0.25, 0.3) is 0 Å². The van der Waals surface area contributed by atoms with E-state index in [0.717, 1.165) is 22.5 Å². The number of aromatic nitrogens is 4. The third-order valence-corrected chi connectivity index (χ3v) is 5.10. The van der Waals surface area contributed by atoms with E-state index in [0.29, 0.717) is 22.8 Å². The zero-order chi connectivity index (χ0) is 22.7.